The molecule has 0 spiro atoms. The molecule has 0 aliphatic carbocycles. The lowest BCUT2D eigenvalue weighted by Gasteiger charge is -2.42. The Labute approximate surface area is 85.3 Å². The van der Waals surface area contributed by atoms with Gasteiger partial charge in [-0.25, -0.2) is 0 Å². The molecular formula is C6H11O8P-2. The van der Waals surface area contributed by atoms with E-state index in [2.05, 4.69) is 4.52 Å². The van der Waals surface area contributed by atoms with Crippen molar-refractivity contribution in [2.45, 2.75) is 37.6 Å². The summed E-state index contributed by atoms with van der Waals surface area (Å²) in [4.78, 5) is 20.5. The Kier molecular flexibility index (Phi) is 3.85. The first-order valence-corrected chi connectivity index (χ1v) is 5.58. The molecule has 8 nitrogen and oxygen atoms in total. The second-order valence-corrected chi connectivity index (χ2v) is 4.34. The summed E-state index contributed by atoms with van der Waals surface area (Å²) in [6.07, 6.45) is -7.56. The molecule has 1 saturated heterocycles. The SMILES string of the molecule is C[C@H]1O[C@H](OP(=O)([O-])[O-])[C@@H](O)[C@@H](O)[C@@H]1O. The highest BCUT2D eigenvalue weighted by atomic mass is 31.2. The fourth-order valence-corrected chi connectivity index (χ4v) is 1.66. The highest BCUT2D eigenvalue weighted by molar-refractivity contribution is 7.43. The second kappa shape index (κ2) is 4.44. The molecule has 0 aromatic carbocycles. The minimum absolute atomic E-state index is 0.958. The van der Waals surface area contributed by atoms with Crippen LogP contribution in [0.3, 0.4) is 0 Å². The molecule has 5 atom stereocenters. The molecular weight excluding hydrogens is 231 g/mol. The molecule has 0 aromatic rings. The summed E-state index contributed by atoms with van der Waals surface area (Å²) in [5.74, 6) is 0. The second-order valence-electron chi connectivity index (χ2n) is 3.23. The maximum atomic E-state index is 10.3. The molecule has 0 bridgehead atoms. The Morgan fingerprint density at radius 3 is 2.20 bits per heavy atom. The van der Waals surface area contributed by atoms with Crippen LogP contribution in [-0.2, 0) is 13.8 Å². The van der Waals surface area contributed by atoms with E-state index < -0.39 is 38.5 Å². The molecule has 3 N–H and O–H groups in total. The quantitative estimate of drug-likeness (QED) is 0.426. The van der Waals surface area contributed by atoms with Gasteiger partial charge in [-0.15, -0.1) is 0 Å². The van der Waals surface area contributed by atoms with Gasteiger partial charge in [0.2, 0.25) is 0 Å². The summed E-state index contributed by atoms with van der Waals surface area (Å²) in [5.41, 5.74) is 0. The van der Waals surface area contributed by atoms with Gasteiger partial charge in [0.15, 0.2) is 6.29 Å². The van der Waals surface area contributed by atoms with Gasteiger partial charge < -0.3 is 38.9 Å². The highest BCUT2D eigenvalue weighted by Crippen LogP contribution is 2.33. The van der Waals surface area contributed by atoms with Crippen LogP contribution < -0.4 is 9.79 Å². The van der Waals surface area contributed by atoms with E-state index in [0.29, 0.717) is 0 Å². The lowest BCUT2D eigenvalue weighted by molar-refractivity contribution is -0.367. The molecule has 0 unspecified atom stereocenters. The van der Waals surface area contributed by atoms with Crippen LogP contribution in [0.4, 0.5) is 0 Å². The molecule has 1 fully saturated rings. The summed E-state index contributed by atoms with van der Waals surface area (Å²) >= 11 is 0. The van der Waals surface area contributed by atoms with Gasteiger partial charge in [0.1, 0.15) is 18.3 Å². The maximum Gasteiger partial charge on any atom is 0.191 e. The van der Waals surface area contributed by atoms with Gasteiger partial charge in [-0.2, -0.15) is 0 Å². The zero-order valence-electron chi connectivity index (χ0n) is 7.72. The van der Waals surface area contributed by atoms with Crippen molar-refractivity contribution in [2.75, 3.05) is 0 Å². The molecule has 0 saturated carbocycles. The van der Waals surface area contributed by atoms with Crippen LogP contribution in [0.5, 0.6) is 0 Å². The first kappa shape index (κ1) is 13.0. The Morgan fingerprint density at radius 1 is 1.20 bits per heavy atom. The van der Waals surface area contributed by atoms with Gasteiger partial charge >= 0.3 is 0 Å². The van der Waals surface area contributed by atoms with Crippen LogP contribution in [0.2, 0.25) is 0 Å². The lowest BCUT2D eigenvalue weighted by atomic mass is 10.0. The van der Waals surface area contributed by atoms with Crippen molar-refractivity contribution in [1.29, 1.82) is 0 Å². The smallest absolute Gasteiger partial charge is 0.191 e. The predicted octanol–water partition coefficient (Wildman–Crippen LogP) is -3.34. The summed E-state index contributed by atoms with van der Waals surface area (Å²) in [6.45, 7) is 1.33. The van der Waals surface area contributed by atoms with E-state index in [1.54, 1.807) is 0 Å². The fraction of sp³-hybridized carbons (Fsp3) is 1.00. The van der Waals surface area contributed by atoms with Gasteiger partial charge in [-0.3, -0.25) is 0 Å². The molecule has 90 valence electrons. The molecule has 1 heterocycles. The number of phosphoric ester groups is 1. The van der Waals surface area contributed by atoms with Crippen LogP contribution >= 0.6 is 7.82 Å². The zero-order valence-corrected chi connectivity index (χ0v) is 8.61. The third kappa shape index (κ3) is 3.20. The van der Waals surface area contributed by atoms with Crippen molar-refractivity contribution in [3.05, 3.63) is 0 Å². The third-order valence-corrected chi connectivity index (χ3v) is 2.51. The molecule has 9 heteroatoms. The van der Waals surface area contributed by atoms with Crippen molar-refractivity contribution in [3.63, 3.8) is 0 Å². The highest BCUT2D eigenvalue weighted by Gasteiger charge is 2.42. The van der Waals surface area contributed by atoms with E-state index in [-0.39, 0.29) is 0 Å². The van der Waals surface area contributed by atoms with Crippen LogP contribution in [-0.4, -0.2) is 46.0 Å². The Balaban J connectivity index is 2.71. The Bertz CT molecular complexity index is 264. The summed E-state index contributed by atoms with van der Waals surface area (Å²) in [7, 11) is -5.32. The summed E-state index contributed by atoms with van der Waals surface area (Å²) < 4.78 is 18.8. The normalized spacial score (nSPS) is 42.9. The topological polar surface area (TPSA) is 142 Å². The number of hydrogen-bond acceptors (Lipinski definition) is 8. The first-order valence-electron chi connectivity index (χ1n) is 4.12. The fourth-order valence-electron chi connectivity index (χ4n) is 1.23. The standard InChI is InChI=1S/C6H13O8P/c1-2-3(7)4(8)5(9)6(13-2)14-15(10,11)12/h2-9H,1H3,(H2,10,11,12)/p-2/t2-,3-,4+,5+,6-/m1/s1. The van der Waals surface area contributed by atoms with Gasteiger partial charge in [-0.1, -0.05) is 0 Å². The molecule has 0 aromatic heterocycles. The molecule has 0 amide bonds. The largest absolute Gasteiger partial charge is 0.790 e. The van der Waals surface area contributed by atoms with Gasteiger partial charge in [-0.05, 0) is 6.92 Å². The Hall–Kier alpha value is -0.0500. The number of ether oxygens (including phenoxy) is 1. The summed E-state index contributed by atoms with van der Waals surface area (Å²) in [5, 5.41) is 27.7. The number of hydrogen-bond donors (Lipinski definition) is 3. The first-order chi connectivity index (χ1) is 6.72. The van der Waals surface area contributed by atoms with Crippen LogP contribution in [0.15, 0.2) is 0 Å². The number of aliphatic hydroxyl groups is 3. The number of phosphoric acid groups is 1. The number of aliphatic hydroxyl groups excluding tert-OH is 3. The molecule has 15 heavy (non-hydrogen) atoms. The van der Waals surface area contributed by atoms with Gasteiger partial charge in [0.05, 0.1) is 13.9 Å². The van der Waals surface area contributed by atoms with Crippen LogP contribution in [0.25, 0.3) is 0 Å². The van der Waals surface area contributed by atoms with Crippen LogP contribution in [0, 0.1) is 0 Å². The van der Waals surface area contributed by atoms with Crippen LogP contribution in [0.1, 0.15) is 6.92 Å². The van der Waals surface area contributed by atoms with E-state index in [0.717, 1.165) is 0 Å². The van der Waals surface area contributed by atoms with Crippen molar-refractivity contribution in [1.82, 2.24) is 0 Å². The van der Waals surface area contributed by atoms with Crippen molar-refractivity contribution >= 4 is 7.82 Å². The predicted molar refractivity (Wildman–Crippen MR) is 41.0 cm³/mol. The van der Waals surface area contributed by atoms with E-state index in [1.165, 1.54) is 6.92 Å². The average molecular weight is 242 g/mol. The van der Waals surface area contributed by atoms with Gasteiger partial charge in [0, 0.05) is 0 Å². The minimum atomic E-state index is -5.32. The average Bonchev–Trinajstić information content (AvgIpc) is 2.08. The van der Waals surface area contributed by atoms with Crippen molar-refractivity contribution in [2.24, 2.45) is 0 Å². The third-order valence-electron chi connectivity index (χ3n) is 2.04. The van der Waals surface area contributed by atoms with Gasteiger partial charge in [0.25, 0.3) is 0 Å². The zero-order chi connectivity index (χ0) is 11.8. The Morgan fingerprint density at radius 2 is 1.73 bits per heavy atom. The summed E-state index contributed by atoms with van der Waals surface area (Å²) in [6, 6.07) is 0. The molecule has 1 aliphatic rings. The lowest BCUT2D eigenvalue weighted by Crippen LogP contribution is -2.57. The van der Waals surface area contributed by atoms with E-state index in [9.17, 15) is 29.7 Å². The number of rotatable bonds is 2. The molecule has 1 rings (SSSR count). The maximum absolute atomic E-state index is 10.3. The minimum Gasteiger partial charge on any atom is -0.790 e. The monoisotopic (exact) mass is 242 g/mol. The molecule has 0 radical (unpaired) electrons. The van der Waals surface area contributed by atoms with Crippen molar-refractivity contribution in [3.8, 4) is 0 Å². The van der Waals surface area contributed by atoms with E-state index in [1.807, 2.05) is 0 Å². The molecule has 1 aliphatic heterocycles. The van der Waals surface area contributed by atoms with E-state index >= 15 is 0 Å². The van der Waals surface area contributed by atoms with Crippen molar-refractivity contribution < 1.29 is 38.9 Å². The van der Waals surface area contributed by atoms with E-state index in [4.69, 9.17) is 4.74 Å².